The summed E-state index contributed by atoms with van der Waals surface area (Å²) < 4.78 is 0. The van der Waals surface area contributed by atoms with Crippen LogP contribution in [0.1, 0.15) is 46.8 Å². The molecule has 1 saturated carbocycles. The van der Waals surface area contributed by atoms with Gasteiger partial charge in [-0.1, -0.05) is 37.3 Å². The molecule has 2 fully saturated rings. The van der Waals surface area contributed by atoms with E-state index in [-0.39, 0.29) is 11.4 Å². The lowest BCUT2D eigenvalue weighted by Gasteiger charge is -2.29. The van der Waals surface area contributed by atoms with Crippen molar-refractivity contribution in [3.8, 4) is 0 Å². The number of hydrogen-bond donors (Lipinski definition) is 3. The van der Waals surface area contributed by atoms with E-state index in [1.54, 1.807) is 0 Å². The smallest absolute Gasteiger partial charge is 0.252 e. The van der Waals surface area contributed by atoms with Crippen molar-refractivity contribution in [3.05, 3.63) is 64.7 Å². The number of hydrogen-bond acceptors (Lipinski definition) is 3. The van der Waals surface area contributed by atoms with Crippen molar-refractivity contribution in [2.24, 2.45) is 0 Å². The van der Waals surface area contributed by atoms with Gasteiger partial charge in [0.2, 0.25) is 0 Å². The highest BCUT2D eigenvalue weighted by Gasteiger charge is 2.45. The zero-order chi connectivity index (χ0) is 18.1. The molecular weight excluding hydrogens is 322 g/mol. The van der Waals surface area contributed by atoms with Crippen LogP contribution in [0, 0.1) is 6.92 Å². The predicted molar refractivity (Wildman–Crippen MR) is 106 cm³/mol. The fourth-order valence-electron chi connectivity index (χ4n) is 3.57. The van der Waals surface area contributed by atoms with Crippen LogP contribution in [0.4, 0.5) is 5.69 Å². The lowest BCUT2D eigenvalue weighted by atomic mass is 9.99. The molecule has 2 aliphatic rings. The molecule has 4 nitrogen and oxygen atoms in total. The first-order valence-electron chi connectivity index (χ1n) is 9.59. The molecule has 4 rings (SSSR count). The van der Waals surface area contributed by atoms with Gasteiger partial charge in [-0.3, -0.25) is 4.79 Å². The Morgan fingerprint density at radius 1 is 1.19 bits per heavy atom. The molecule has 1 aliphatic heterocycles. The fraction of sp³-hybridized carbons (Fsp3) is 0.409. The summed E-state index contributed by atoms with van der Waals surface area (Å²) in [4.78, 5) is 13.0. The van der Waals surface area contributed by atoms with Crippen molar-refractivity contribution >= 4 is 11.6 Å². The highest BCUT2D eigenvalue weighted by molar-refractivity contribution is 5.97. The van der Waals surface area contributed by atoms with Crippen LogP contribution in [-0.2, 0) is 12.0 Å². The summed E-state index contributed by atoms with van der Waals surface area (Å²) in [5.41, 5.74) is 5.16. The van der Waals surface area contributed by atoms with E-state index in [1.165, 1.54) is 11.1 Å². The summed E-state index contributed by atoms with van der Waals surface area (Å²) in [6.07, 6.45) is 3.04. The molecule has 0 radical (unpaired) electrons. The second kappa shape index (κ2) is 6.76. The summed E-state index contributed by atoms with van der Waals surface area (Å²) in [5.74, 6) is 0.0253. The molecule has 0 aromatic heterocycles. The number of rotatable bonds is 6. The van der Waals surface area contributed by atoms with Crippen molar-refractivity contribution in [1.82, 2.24) is 10.6 Å². The highest BCUT2D eigenvalue weighted by atomic mass is 16.1. The van der Waals surface area contributed by atoms with Crippen LogP contribution in [0.3, 0.4) is 0 Å². The second-order valence-corrected chi connectivity index (χ2v) is 7.62. The Kier molecular flexibility index (Phi) is 4.45. The van der Waals surface area contributed by atoms with Gasteiger partial charge in [-0.15, -0.1) is 0 Å². The number of nitrogens with one attached hydrogen (secondary N) is 3. The molecule has 3 N–H and O–H groups in total. The molecule has 26 heavy (non-hydrogen) atoms. The zero-order valence-corrected chi connectivity index (χ0v) is 15.6. The molecule has 1 heterocycles. The maximum absolute atomic E-state index is 13.0. The summed E-state index contributed by atoms with van der Waals surface area (Å²) in [6.45, 7) is 6.12. The molecule has 1 amide bonds. The molecule has 0 spiro atoms. The van der Waals surface area contributed by atoms with Gasteiger partial charge >= 0.3 is 0 Å². The third-order valence-electron chi connectivity index (χ3n) is 5.63. The van der Waals surface area contributed by atoms with E-state index in [0.717, 1.165) is 49.2 Å². The average Bonchev–Trinajstić information content (AvgIpc) is 3.40. The predicted octanol–water partition coefficient (Wildman–Crippen LogP) is 3.36. The highest BCUT2D eigenvalue weighted by Crippen LogP contribution is 2.46. The maximum atomic E-state index is 13.0. The van der Waals surface area contributed by atoms with Gasteiger partial charge in [0.1, 0.15) is 0 Å². The zero-order valence-electron chi connectivity index (χ0n) is 15.6. The van der Waals surface area contributed by atoms with E-state index in [9.17, 15) is 4.79 Å². The van der Waals surface area contributed by atoms with Crippen LogP contribution in [0.15, 0.2) is 42.5 Å². The molecule has 136 valence electrons. The standard InChI is InChI=1S/C22H27N3O/c1-3-16-5-4-6-17(11-16)22(9-10-22)25-21(26)20-12-18(8-7-15(20)2)24-19-13-23-14-19/h4-8,11-12,19,23-24H,3,9-10,13-14H2,1-2H3,(H,25,26). The maximum Gasteiger partial charge on any atom is 0.252 e. The van der Waals surface area contributed by atoms with E-state index in [0.29, 0.717) is 6.04 Å². The number of aryl methyl sites for hydroxylation is 2. The largest absolute Gasteiger partial charge is 0.380 e. The summed E-state index contributed by atoms with van der Waals surface area (Å²) >= 11 is 0. The normalized spacial score (nSPS) is 18.1. The van der Waals surface area contributed by atoms with Gasteiger partial charge in [0.15, 0.2) is 0 Å². The van der Waals surface area contributed by atoms with Crippen LogP contribution in [-0.4, -0.2) is 25.0 Å². The monoisotopic (exact) mass is 349 g/mol. The van der Waals surface area contributed by atoms with Gasteiger partial charge in [0.25, 0.3) is 5.91 Å². The topological polar surface area (TPSA) is 53.2 Å². The molecular formula is C22H27N3O. The lowest BCUT2D eigenvalue weighted by molar-refractivity contribution is 0.0930. The Balaban J connectivity index is 1.53. The fourth-order valence-corrected chi connectivity index (χ4v) is 3.57. The van der Waals surface area contributed by atoms with Crippen LogP contribution < -0.4 is 16.0 Å². The summed E-state index contributed by atoms with van der Waals surface area (Å²) in [6, 6.07) is 15.2. The van der Waals surface area contributed by atoms with Crippen molar-refractivity contribution in [1.29, 1.82) is 0 Å². The SMILES string of the molecule is CCc1cccc(C2(NC(=O)c3cc(NC4CNC4)ccc3C)CC2)c1. The van der Waals surface area contributed by atoms with Crippen LogP contribution in [0.5, 0.6) is 0 Å². The molecule has 0 unspecified atom stereocenters. The molecule has 0 atom stereocenters. The van der Waals surface area contributed by atoms with Crippen LogP contribution in [0.2, 0.25) is 0 Å². The molecule has 1 saturated heterocycles. The van der Waals surface area contributed by atoms with Crippen molar-refractivity contribution < 1.29 is 4.79 Å². The van der Waals surface area contributed by atoms with Gasteiger partial charge < -0.3 is 16.0 Å². The molecule has 0 bridgehead atoms. The first-order chi connectivity index (χ1) is 12.6. The van der Waals surface area contributed by atoms with Crippen molar-refractivity contribution in [2.45, 2.75) is 44.7 Å². The first kappa shape index (κ1) is 17.1. The number of benzene rings is 2. The average molecular weight is 349 g/mol. The van der Waals surface area contributed by atoms with E-state index in [1.807, 2.05) is 19.1 Å². The van der Waals surface area contributed by atoms with Crippen molar-refractivity contribution in [3.63, 3.8) is 0 Å². The Labute approximate surface area is 155 Å². The third kappa shape index (κ3) is 3.34. The van der Waals surface area contributed by atoms with E-state index >= 15 is 0 Å². The minimum absolute atomic E-state index is 0.0253. The number of anilines is 1. The second-order valence-electron chi connectivity index (χ2n) is 7.62. The Hall–Kier alpha value is -2.33. The van der Waals surface area contributed by atoms with Crippen LogP contribution in [0.25, 0.3) is 0 Å². The molecule has 1 aliphatic carbocycles. The van der Waals surface area contributed by atoms with Gasteiger partial charge in [-0.05, 0) is 55.0 Å². The minimum atomic E-state index is -0.184. The van der Waals surface area contributed by atoms with E-state index in [2.05, 4.69) is 53.2 Å². The van der Waals surface area contributed by atoms with Crippen molar-refractivity contribution in [2.75, 3.05) is 18.4 Å². The van der Waals surface area contributed by atoms with E-state index < -0.39 is 0 Å². The summed E-state index contributed by atoms with van der Waals surface area (Å²) in [5, 5.41) is 10.1. The first-order valence-corrected chi connectivity index (χ1v) is 9.59. The van der Waals surface area contributed by atoms with Gasteiger partial charge in [-0.2, -0.15) is 0 Å². The summed E-state index contributed by atoms with van der Waals surface area (Å²) in [7, 11) is 0. The van der Waals surface area contributed by atoms with Gasteiger partial charge in [0, 0.05) is 24.3 Å². The lowest BCUT2D eigenvalue weighted by Crippen LogP contribution is -2.51. The van der Waals surface area contributed by atoms with E-state index in [4.69, 9.17) is 0 Å². The number of carbonyl (C=O) groups is 1. The number of carbonyl (C=O) groups excluding carboxylic acids is 1. The Bertz CT molecular complexity index is 822. The molecule has 2 aromatic carbocycles. The quantitative estimate of drug-likeness (QED) is 0.749. The third-order valence-corrected chi connectivity index (χ3v) is 5.63. The van der Waals surface area contributed by atoms with Gasteiger partial charge in [-0.25, -0.2) is 0 Å². The number of amides is 1. The van der Waals surface area contributed by atoms with Crippen LogP contribution >= 0.6 is 0 Å². The Morgan fingerprint density at radius 3 is 2.65 bits per heavy atom. The van der Waals surface area contributed by atoms with Gasteiger partial charge in [0.05, 0.1) is 11.6 Å². The molecule has 4 heteroatoms. The molecule has 2 aromatic rings. The Morgan fingerprint density at radius 2 is 2.00 bits per heavy atom. The minimum Gasteiger partial charge on any atom is -0.380 e.